The number of thioether (sulfide) groups is 1. The molecule has 2 aromatic heterocycles. The summed E-state index contributed by atoms with van der Waals surface area (Å²) >= 11 is 0.801. The zero-order valence-electron chi connectivity index (χ0n) is 76.4. The molecule has 3 aromatic carbocycles. The van der Waals surface area contributed by atoms with E-state index in [4.69, 9.17) is 17.2 Å². The van der Waals surface area contributed by atoms with Crippen LogP contribution in [0.25, 0.3) is 21.8 Å². The number of carbonyl (C=O) groups is 17. The predicted octanol–water partition coefficient (Wildman–Crippen LogP) is -1.53. The molecule has 0 bridgehead atoms. The Morgan fingerprint density at radius 2 is 1.04 bits per heavy atom. The van der Waals surface area contributed by atoms with Crippen LogP contribution < -0.4 is 70.4 Å². The quantitative estimate of drug-likeness (QED) is 0.0315. The fourth-order valence-electron chi connectivity index (χ4n) is 17.6. The Hall–Kier alpha value is -12.8. The number of primary amides is 2. The number of aromatic hydroxyl groups is 1. The number of H-pyrrole nitrogens is 2. The number of phenolic OH excluding ortho intramolecular Hbond substituents is 1. The SMILES string of the molecule is CCCC[C@H]1C(=O)N(C)[C@@H](CCCC)C(=O)N[C@@H](CCCN)C(=O)N[C@H](C(=O)NCC(N)=O)CSCC(=O)N[C@@H](Cc2ccc(O)cc2)C(=O)N2CCC[C@H]2C(=O)N[C@@H](CC(N)=O)C(=O)N2CCC[C@H]2C(=O)N[C@@H](CC2=CN=CC2)C(=O)N[C@@H](CC(C)C)C(=O)N2C[C@H](O)C[C@H]2C(=O)N[C@@H](Cc2c[nH]c3ccccc23)C(=O)N[C@@H](CO)C(=O)N[C@@H](Cc2c[nH]c3ccccc23)C(=O)N1C. The molecule has 41 nitrogen and oxygen atoms in total. The summed E-state index contributed by atoms with van der Waals surface area (Å²) in [6.45, 7) is 4.86. The number of fused-ring (bicyclic) bond motifs is 5. The van der Waals surface area contributed by atoms with Gasteiger partial charge in [-0.2, -0.15) is 0 Å². The number of nitrogens with one attached hydrogen (secondary N) is 12. The van der Waals surface area contributed by atoms with Gasteiger partial charge in [-0.05, 0) is 123 Å². The maximum Gasteiger partial charge on any atom is 0.246 e. The first-order valence-corrected chi connectivity index (χ1v) is 46.9. The van der Waals surface area contributed by atoms with Gasteiger partial charge in [-0.25, -0.2) is 0 Å². The zero-order valence-corrected chi connectivity index (χ0v) is 77.2. The number of carbonyl (C=O) groups excluding carboxylic acids is 17. The Bertz CT molecular complexity index is 5140. The minimum Gasteiger partial charge on any atom is -0.508 e. The van der Waals surface area contributed by atoms with E-state index in [0.29, 0.717) is 69.8 Å². The Morgan fingerprint density at radius 1 is 0.537 bits per heavy atom. The van der Waals surface area contributed by atoms with Crippen molar-refractivity contribution in [2.45, 2.75) is 247 Å². The number of para-hydroxylation sites is 2. The van der Waals surface area contributed by atoms with Gasteiger partial charge in [0.15, 0.2) is 0 Å². The lowest BCUT2D eigenvalue weighted by molar-refractivity contribution is -0.149. The summed E-state index contributed by atoms with van der Waals surface area (Å²) in [6, 6.07) is -1.34. The van der Waals surface area contributed by atoms with Crippen molar-refractivity contribution < 1.29 is 96.8 Å². The predicted molar refractivity (Wildman–Crippen MR) is 495 cm³/mol. The van der Waals surface area contributed by atoms with Gasteiger partial charge >= 0.3 is 0 Å². The summed E-state index contributed by atoms with van der Waals surface area (Å²) in [4.78, 5) is 267. The molecule has 15 atom stereocenters. The molecule has 4 fully saturated rings. The second-order valence-electron chi connectivity index (χ2n) is 35.2. The Balaban J connectivity index is 1.01. The number of aliphatic hydroxyl groups is 2. The smallest absolute Gasteiger partial charge is 0.246 e. The van der Waals surface area contributed by atoms with Crippen LogP contribution in [0.1, 0.15) is 154 Å². The normalized spacial score (nSPS) is 25.8. The number of nitrogens with two attached hydrogens (primary N) is 3. The molecule has 5 aromatic rings. The first-order chi connectivity index (χ1) is 64.1. The Morgan fingerprint density at radius 3 is 1.61 bits per heavy atom. The number of benzene rings is 3. The van der Waals surface area contributed by atoms with Crippen molar-refractivity contribution in [1.82, 2.24) is 87.6 Å². The summed E-state index contributed by atoms with van der Waals surface area (Å²) in [5, 5.41) is 61.1. The Kier molecular flexibility index (Phi) is 37.9. The number of phenols is 1. The van der Waals surface area contributed by atoms with Gasteiger partial charge < -0.3 is 120 Å². The van der Waals surface area contributed by atoms with Crippen molar-refractivity contribution in [3.63, 3.8) is 0 Å². The second-order valence-corrected chi connectivity index (χ2v) is 36.3. The van der Waals surface area contributed by atoms with Crippen molar-refractivity contribution in [2.24, 2.45) is 28.1 Å². The standard InChI is InChI=1S/C92H127N21O20S/c1-7-9-23-71-84(125)101-62(22-15-32-93)80(121)108-70(79(120)99-46-77(95)118)49-134-50-78(119)100-66(37-52-27-29-56(115)30-28-52)89(130)111-34-17-26-73(111)86(127)106-68(42-76(94)117)90(131)112-35-16-25-72(112)85(126)102-63(38-53-31-33-96-43-53)81(122)104-65(36-51(3)4)91(132)113-47-57(116)41-75(113)87(128)103-64(39-54-44-97-60-20-13-11-18-58(54)60)82(123)107-69(48-114)83(124)105-67(40-55-45-98-61-21-14-12-19-59(55)61)88(129)110(6)74(24-10-8-2)92(133)109(71)5/h11-14,18-21,27-30,33,43-45,51,57,62-75,97-98,114-116H,7-10,15-17,22-26,31-32,34-42,46-50,93H2,1-6H3,(H2,94,117)(H2,95,118)(H,99,120)(H,100,119)(H,101,125)(H,102,126)(H,103,128)(H,104,122)(H,105,124)(H,106,127)(H,107,123)(H,108,121)/t57-,62+,63+,64+,65+,66+,67+,68+,69+,70+,71+,72+,73+,74+,75+/m1/s1. The molecule has 10 rings (SSSR count). The lowest BCUT2D eigenvalue weighted by Gasteiger charge is -2.36. The second kappa shape index (κ2) is 49.2. The molecule has 17 amide bonds. The maximum atomic E-state index is 15.7. The fraction of sp³-hybridized carbons (Fsp3) is 0.543. The molecule has 0 radical (unpaired) electrons. The van der Waals surface area contributed by atoms with Crippen LogP contribution in [0.4, 0.5) is 0 Å². The van der Waals surface area contributed by atoms with E-state index in [9.17, 15) is 48.9 Å². The number of likely N-dealkylation sites (N-methyl/N-ethyl adjacent to an activating group) is 2. The van der Waals surface area contributed by atoms with Gasteiger partial charge in [0.2, 0.25) is 100 Å². The molecule has 0 saturated carbocycles. The van der Waals surface area contributed by atoms with Crippen LogP contribution in [0.3, 0.4) is 0 Å². The van der Waals surface area contributed by atoms with Gasteiger partial charge in [0.25, 0.3) is 0 Å². The van der Waals surface area contributed by atoms with Crippen LogP contribution in [0.15, 0.2) is 102 Å². The molecule has 5 aliphatic rings. The van der Waals surface area contributed by atoms with Crippen molar-refractivity contribution in [2.75, 3.05) is 64.9 Å². The van der Waals surface area contributed by atoms with Crippen LogP contribution in [0.5, 0.6) is 5.75 Å². The summed E-state index contributed by atoms with van der Waals surface area (Å²) in [5.41, 5.74) is 20.5. The van der Waals surface area contributed by atoms with Crippen molar-refractivity contribution >= 4 is 140 Å². The molecule has 42 heteroatoms. The average molecular weight is 1880 g/mol. The van der Waals surface area contributed by atoms with Crippen molar-refractivity contribution in [3.05, 3.63) is 114 Å². The largest absolute Gasteiger partial charge is 0.508 e. The van der Waals surface area contributed by atoms with E-state index in [1.54, 1.807) is 81.0 Å². The number of unbranched alkanes of at least 4 members (excludes halogenated alkanes) is 2. The van der Waals surface area contributed by atoms with Crippen LogP contribution in [-0.2, 0) is 101 Å². The highest BCUT2D eigenvalue weighted by molar-refractivity contribution is 8.00. The lowest BCUT2D eigenvalue weighted by atomic mass is 9.99. The zero-order chi connectivity index (χ0) is 97.1. The third-order valence-corrected chi connectivity index (χ3v) is 25.8. The highest BCUT2D eigenvalue weighted by Crippen LogP contribution is 2.30. The van der Waals surface area contributed by atoms with Crippen LogP contribution in [-0.4, -0.2) is 312 Å². The number of aliphatic hydroxyl groups excluding tert-OH is 2. The molecule has 0 aliphatic carbocycles. The average Bonchev–Trinajstić information content (AvgIpc) is 1.68. The van der Waals surface area contributed by atoms with Crippen molar-refractivity contribution in [3.8, 4) is 5.75 Å². The number of aromatic nitrogens is 2. The number of rotatable bonds is 25. The first kappa shape index (κ1) is 103. The molecule has 7 heterocycles. The summed E-state index contributed by atoms with van der Waals surface area (Å²) < 4.78 is 0. The van der Waals surface area contributed by atoms with E-state index in [2.05, 4.69) is 68.1 Å². The van der Waals surface area contributed by atoms with Gasteiger partial charge in [-0.15, -0.1) is 11.8 Å². The van der Waals surface area contributed by atoms with E-state index in [1.165, 1.54) is 54.4 Å². The number of aromatic amines is 2. The monoisotopic (exact) mass is 1880 g/mol. The van der Waals surface area contributed by atoms with Crippen molar-refractivity contribution in [1.29, 1.82) is 0 Å². The third-order valence-electron chi connectivity index (χ3n) is 24.8. The lowest BCUT2D eigenvalue weighted by Crippen LogP contribution is -2.61. The van der Waals surface area contributed by atoms with E-state index < -0.39 is 229 Å². The Labute approximate surface area is 780 Å². The highest BCUT2D eigenvalue weighted by atomic mass is 32.2. The van der Waals surface area contributed by atoms with Gasteiger partial charge in [0.1, 0.15) is 90.3 Å². The first-order valence-electron chi connectivity index (χ1n) is 45.8. The summed E-state index contributed by atoms with van der Waals surface area (Å²) in [5.74, 6) is -16.8. The minimum atomic E-state index is -1.88. The van der Waals surface area contributed by atoms with E-state index in [0.717, 1.165) is 26.5 Å². The van der Waals surface area contributed by atoms with Crippen LogP contribution in [0, 0.1) is 5.92 Å². The molecule has 0 unspecified atom stereocenters. The van der Waals surface area contributed by atoms with Gasteiger partial charge in [-0.1, -0.05) is 102 Å². The molecule has 5 aliphatic heterocycles. The molecular formula is C92H127N21O20S. The minimum absolute atomic E-state index is 0.00779. The molecule has 726 valence electrons. The van der Waals surface area contributed by atoms with Crippen LogP contribution >= 0.6 is 11.8 Å². The summed E-state index contributed by atoms with van der Waals surface area (Å²) in [7, 11) is 2.72. The van der Waals surface area contributed by atoms with Gasteiger partial charge in [-0.3, -0.25) is 86.5 Å². The third kappa shape index (κ3) is 27.7. The molecular weight excluding hydrogens is 1750 g/mol. The van der Waals surface area contributed by atoms with Gasteiger partial charge in [0, 0.05) is 118 Å². The van der Waals surface area contributed by atoms with Gasteiger partial charge in [0.05, 0.1) is 31.4 Å². The highest BCUT2D eigenvalue weighted by Gasteiger charge is 2.48. The summed E-state index contributed by atoms with van der Waals surface area (Å²) in [6.07, 6.45) is 5.25. The number of aliphatic imine (C=N–C) groups is 1. The topological polar surface area (TPSA) is 609 Å². The number of hydrogen-bond donors (Lipinski definition) is 18. The fourth-order valence-corrected chi connectivity index (χ4v) is 18.5. The molecule has 4 saturated heterocycles. The molecule has 0 spiro atoms. The molecule has 134 heavy (non-hydrogen) atoms. The van der Waals surface area contributed by atoms with Crippen LogP contribution in [0.2, 0.25) is 0 Å². The van der Waals surface area contributed by atoms with E-state index in [-0.39, 0.29) is 128 Å². The number of hydrogen-bond acceptors (Lipinski definition) is 23. The molecule has 21 N–H and O–H groups in total. The van der Waals surface area contributed by atoms with E-state index in [1.807, 2.05) is 13.8 Å². The number of nitrogens with zero attached hydrogens (tertiary/aromatic N) is 6. The maximum absolute atomic E-state index is 15.7. The number of amides is 17. The van der Waals surface area contributed by atoms with E-state index >= 15 is 47.9 Å².